The summed E-state index contributed by atoms with van der Waals surface area (Å²) in [7, 11) is 0. The fraction of sp³-hybridized carbons (Fsp3) is 0.118. The van der Waals surface area contributed by atoms with Crippen LogP contribution in [0.5, 0.6) is 0 Å². The number of halogens is 1. The lowest BCUT2D eigenvalue weighted by Crippen LogP contribution is -2.23. The summed E-state index contributed by atoms with van der Waals surface area (Å²) in [5.74, 6) is 0.685. The fourth-order valence-corrected chi connectivity index (χ4v) is 2.20. The van der Waals surface area contributed by atoms with Crippen LogP contribution in [0.15, 0.2) is 53.3 Å². The first-order valence-corrected chi connectivity index (χ1v) is 7.66. The van der Waals surface area contributed by atoms with Crippen LogP contribution < -0.4 is 10.6 Å². The van der Waals surface area contributed by atoms with Crippen molar-refractivity contribution in [2.45, 2.75) is 13.5 Å². The highest BCUT2D eigenvalue weighted by Crippen LogP contribution is 2.21. The number of nitrogens with one attached hydrogen (secondary N) is 2. The quantitative estimate of drug-likeness (QED) is 0.739. The average molecular weight is 343 g/mol. The van der Waals surface area contributed by atoms with Crippen molar-refractivity contribution in [2.24, 2.45) is 0 Å². The van der Waals surface area contributed by atoms with Gasteiger partial charge in [0.05, 0.1) is 12.8 Å². The molecule has 0 atom stereocenters. The van der Waals surface area contributed by atoms with Crippen molar-refractivity contribution in [2.75, 3.05) is 5.32 Å². The van der Waals surface area contributed by atoms with E-state index < -0.39 is 0 Å². The lowest BCUT2D eigenvalue weighted by molar-refractivity contribution is 0.0943. The molecule has 0 unspecified atom stereocenters. The van der Waals surface area contributed by atoms with Crippen molar-refractivity contribution in [1.82, 2.24) is 15.3 Å². The number of nitrogens with zero attached hydrogens (tertiary/aromatic N) is 2. The van der Waals surface area contributed by atoms with E-state index >= 15 is 0 Å². The minimum Gasteiger partial charge on any atom is -0.467 e. The molecule has 0 spiro atoms. The minimum absolute atomic E-state index is 0.261. The molecule has 122 valence electrons. The first-order valence-electron chi connectivity index (χ1n) is 7.28. The molecular weight excluding hydrogens is 328 g/mol. The molecule has 7 heteroatoms. The van der Waals surface area contributed by atoms with Gasteiger partial charge in [0, 0.05) is 16.9 Å². The molecule has 0 aliphatic rings. The topological polar surface area (TPSA) is 80.0 Å². The Bertz CT molecular complexity index is 850. The SMILES string of the molecule is Cc1ccc(Nc2nccc(C(=O)NCc3ccco3)n2)cc1Cl. The Hall–Kier alpha value is -2.86. The van der Waals surface area contributed by atoms with Gasteiger partial charge in [-0.1, -0.05) is 17.7 Å². The number of anilines is 2. The van der Waals surface area contributed by atoms with Gasteiger partial charge in [0.15, 0.2) is 0 Å². The number of carbonyl (C=O) groups excluding carboxylic acids is 1. The second kappa shape index (κ2) is 7.14. The van der Waals surface area contributed by atoms with Crippen LogP contribution in [-0.4, -0.2) is 15.9 Å². The Kier molecular flexibility index (Phi) is 4.77. The van der Waals surface area contributed by atoms with Crippen LogP contribution in [-0.2, 0) is 6.54 Å². The van der Waals surface area contributed by atoms with Crippen molar-refractivity contribution < 1.29 is 9.21 Å². The average Bonchev–Trinajstić information content (AvgIpc) is 3.10. The predicted molar refractivity (Wildman–Crippen MR) is 91.4 cm³/mol. The van der Waals surface area contributed by atoms with Crippen LogP contribution >= 0.6 is 11.6 Å². The third-order valence-electron chi connectivity index (χ3n) is 3.32. The van der Waals surface area contributed by atoms with Gasteiger partial charge >= 0.3 is 0 Å². The van der Waals surface area contributed by atoms with E-state index in [4.69, 9.17) is 16.0 Å². The number of aryl methyl sites for hydroxylation is 1. The summed E-state index contributed by atoms with van der Waals surface area (Å²) < 4.78 is 5.17. The van der Waals surface area contributed by atoms with E-state index in [0.29, 0.717) is 23.3 Å². The standard InChI is InChI=1S/C17H15ClN4O2/c1-11-4-5-12(9-14(11)18)21-17-19-7-6-15(22-17)16(23)20-10-13-3-2-8-24-13/h2-9H,10H2,1H3,(H,20,23)(H,19,21,22). The molecule has 0 saturated heterocycles. The van der Waals surface area contributed by atoms with Crippen LogP contribution in [0.3, 0.4) is 0 Å². The minimum atomic E-state index is -0.307. The van der Waals surface area contributed by atoms with Gasteiger partial charge in [-0.05, 0) is 42.8 Å². The van der Waals surface area contributed by atoms with Crippen LogP contribution in [0.25, 0.3) is 0 Å². The lowest BCUT2D eigenvalue weighted by atomic mass is 10.2. The number of furan rings is 1. The van der Waals surface area contributed by atoms with Gasteiger partial charge < -0.3 is 15.1 Å². The molecule has 3 aromatic rings. The Labute approximate surface area is 143 Å². The fourth-order valence-electron chi connectivity index (χ4n) is 2.02. The van der Waals surface area contributed by atoms with Crippen molar-refractivity contribution in [3.05, 3.63) is 70.9 Å². The molecule has 2 heterocycles. The maximum Gasteiger partial charge on any atom is 0.270 e. The lowest BCUT2D eigenvalue weighted by Gasteiger charge is -2.08. The molecular formula is C17H15ClN4O2. The Morgan fingerprint density at radius 2 is 2.17 bits per heavy atom. The summed E-state index contributed by atoms with van der Waals surface area (Å²) in [6, 6.07) is 10.6. The van der Waals surface area contributed by atoms with Crippen LogP contribution in [0.2, 0.25) is 5.02 Å². The van der Waals surface area contributed by atoms with Gasteiger partial charge in [-0.2, -0.15) is 0 Å². The van der Waals surface area contributed by atoms with Crippen molar-refractivity contribution in [3.63, 3.8) is 0 Å². The van der Waals surface area contributed by atoms with E-state index in [1.807, 2.05) is 19.1 Å². The van der Waals surface area contributed by atoms with Gasteiger partial charge in [0.2, 0.25) is 5.95 Å². The second-order valence-corrected chi connectivity index (χ2v) is 5.52. The first kappa shape index (κ1) is 16.0. The van der Waals surface area contributed by atoms with E-state index in [1.54, 1.807) is 30.5 Å². The number of hydrogen-bond acceptors (Lipinski definition) is 5. The van der Waals surface area contributed by atoms with Crippen LogP contribution in [0.4, 0.5) is 11.6 Å². The molecule has 24 heavy (non-hydrogen) atoms. The zero-order valence-electron chi connectivity index (χ0n) is 12.9. The van der Waals surface area contributed by atoms with Gasteiger partial charge in [0.25, 0.3) is 5.91 Å². The molecule has 1 aromatic carbocycles. The Morgan fingerprint density at radius 3 is 2.92 bits per heavy atom. The molecule has 2 N–H and O–H groups in total. The molecule has 0 saturated carbocycles. The summed E-state index contributed by atoms with van der Waals surface area (Å²) in [6.07, 6.45) is 3.08. The van der Waals surface area contributed by atoms with Gasteiger partial charge in [-0.3, -0.25) is 4.79 Å². The van der Waals surface area contributed by atoms with E-state index in [1.165, 1.54) is 6.20 Å². The third-order valence-corrected chi connectivity index (χ3v) is 3.73. The third kappa shape index (κ3) is 3.91. The number of rotatable bonds is 5. The Morgan fingerprint density at radius 1 is 1.29 bits per heavy atom. The van der Waals surface area contributed by atoms with Crippen molar-refractivity contribution >= 4 is 29.1 Å². The largest absolute Gasteiger partial charge is 0.467 e. The second-order valence-electron chi connectivity index (χ2n) is 5.12. The molecule has 0 bridgehead atoms. The zero-order valence-corrected chi connectivity index (χ0v) is 13.7. The molecule has 0 aliphatic heterocycles. The Balaban J connectivity index is 1.68. The predicted octanol–water partition coefficient (Wildman–Crippen LogP) is 3.71. The number of amides is 1. The van der Waals surface area contributed by atoms with Crippen molar-refractivity contribution in [3.8, 4) is 0 Å². The summed E-state index contributed by atoms with van der Waals surface area (Å²) in [5.41, 5.74) is 1.99. The maximum atomic E-state index is 12.2. The number of benzene rings is 1. The molecule has 2 aromatic heterocycles. The molecule has 0 radical (unpaired) electrons. The van der Waals surface area contributed by atoms with Gasteiger partial charge in [0.1, 0.15) is 11.5 Å². The monoisotopic (exact) mass is 342 g/mol. The summed E-state index contributed by atoms with van der Waals surface area (Å²) in [6.45, 7) is 2.22. The van der Waals surface area contributed by atoms with Crippen LogP contribution in [0.1, 0.15) is 21.8 Å². The maximum absolute atomic E-state index is 12.2. The van der Waals surface area contributed by atoms with E-state index in [0.717, 1.165) is 11.3 Å². The highest BCUT2D eigenvalue weighted by molar-refractivity contribution is 6.31. The number of aromatic nitrogens is 2. The molecule has 1 amide bonds. The summed E-state index contributed by atoms with van der Waals surface area (Å²) in [4.78, 5) is 20.5. The van der Waals surface area contributed by atoms with E-state index in [-0.39, 0.29) is 11.6 Å². The normalized spacial score (nSPS) is 10.4. The molecule has 6 nitrogen and oxygen atoms in total. The number of carbonyl (C=O) groups is 1. The van der Waals surface area contributed by atoms with Gasteiger partial charge in [-0.15, -0.1) is 0 Å². The zero-order chi connectivity index (χ0) is 16.9. The molecule has 3 rings (SSSR count). The highest BCUT2D eigenvalue weighted by atomic mass is 35.5. The smallest absolute Gasteiger partial charge is 0.270 e. The first-order chi connectivity index (χ1) is 11.6. The van der Waals surface area contributed by atoms with E-state index in [2.05, 4.69) is 20.6 Å². The summed E-state index contributed by atoms with van der Waals surface area (Å²) >= 11 is 6.10. The molecule has 0 fully saturated rings. The highest BCUT2D eigenvalue weighted by Gasteiger charge is 2.10. The summed E-state index contributed by atoms with van der Waals surface area (Å²) in [5, 5.41) is 6.41. The van der Waals surface area contributed by atoms with Crippen molar-refractivity contribution in [1.29, 1.82) is 0 Å². The van der Waals surface area contributed by atoms with Crippen LogP contribution in [0, 0.1) is 6.92 Å². The molecule has 0 aliphatic carbocycles. The van der Waals surface area contributed by atoms with Gasteiger partial charge in [-0.25, -0.2) is 9.97 Å². The van der Waals surface area contributed by atoms with E-state index in [9.17, 15) is 4.79 Å². The number of hydrogen-bond donors (Lipinski definition) is 2.